The zero-order chi connectivity index (χ0) is 14.8. The van der Waals surface area contributed by atoms with E-state index in [1.807, 2.05) is 6.92 Å². The molecule has 0 spiro atoms. The molecule has 1 atom stereocenters. The first kappa shape index (κ1) is 15.7. The molecule has 1 rings (SSSR count). The predicted molar refractivity (Wildman–Crippen MR) is 82.5 cm³/mol. The van der Waals surface area contributed by atoms with Gasteiger partial charge in [-0.05, 0) is 25.7 Å². The lowest BCUT2D eigenvalue weighted by molar-refractivity contribution is 0.328. The van der Waals surface area contributed by atoms with Gasteiger partial charge >= 0.3 is 0 Å². The number of anilines is 2. The minimum Gasteiger partial charge on any atom is -0.383 e. The van der Waals surface area contributed by atoms with E-state index in [2.05, 4.69) is 51.6 Å². The number of aryl methyl sites for hydroxylation is 1. The number of nitrogens with two attached hydrogens (primary N) is 1. The van der Waals surface area contributed by atoms with E-state index in [-0.39, 0.29) is 5.41 Å². The number of nitrogen functional groups attached to an aromatic ring is 1. The van der Waals surface area contributed by atoms with Gasteiger partial charge in [0.15, 0.2) is 0 Å². The highest BCUT2D eigenvalue weighted by atomic mass is 15.2. The first-order chi connectivity index (χ1) is 8.68. The minimum atomic E-state index is 0.186. The van der Waals surface area contributed by atoms with Crippen LogP contribution in [0.25, 0.3) is 0 Å². The molecule has 4 heteroatoms. The van der Waals surface area contributed by atoms with Crippen LogP contribution in [0.1, 0.15) is 52.4 Å². The molecule has 108 valence electrons. The molecule has 0 aliphatic rings. The smallest absolute Gasteiger partial charge is 0.137 e. The van der Waals surface area contributed by atoms with Gasteiger partial charge in [-0.15, -0.1) is 0 Å². The molecule has 1 unspecified atom stereocenters. The molecule has 0 amide bonds. The molecule has 0 saturated carbocycles. The van der Waals surface area contributed by atoms with Gasteiger partial charge in [-0.1, -0.05) is 27.7 Å². The van der Waals surface area contributed by atoms with E-state index < -0.39 is 0 Å². The second-order valence-electron chi connectivity index (χ2n) is 6.38. The normalized spacial score (nSPS) is 13.4. The lowest BCUT2D eigenvalue weighted by Crippen LogP contribution is -2.40. The largest absolute Gasteiger partial charge is 0.383 e. The van der Waals surface area contributed by atoms with Crippen LogP contribution in [0.15, 0.2) is 0 Å². The Balaban J connectivity index is 3.18. The van der Waals surface area contributed by atoms with Crippen LogP contribution in [0.5, 0.6) is 0 Å². The van der Waals surface area contributed by atoms with Crippen molar-refractivity contribution in [2.24, 2.45) is 5.41 Å². The van der Waals surface area contributed by atoms with Crippen LogP contribution in [-0.2, 0) is 6.42 Å². The molecule has 0 aromatic carbocycles. The van der Waals surface area contributed by atoms with E-state index in [1.54, 1.807) is 0 Å². The van der Waals surface area contributed by atoms with Crippen LogP contribution in [0.3, 0.4) is 0 Å². The van der Waals surface area contributed by atoms with Crippen LogP contribution in [0, 0.1) is 12.3 Å². The van der Waals surface area contributed by atoms with Crippen molar-refractivity contribution < 1.29 is 0 Å². The molecule has 1 heterocycles. The quantitative estimate of drug-likeness (QED) is 0.907. The summed E-state index contributed by atoms with van der Waals surface area (Å²) in [6, 6.07) is 0.370. The molecule has 0 saturated heterocycles. The Morgan fingerprint density at radius 3 is 2.32 bits per heavy atom. The first-order valence-corrected chi connectivity index (χ1v) is 7.04. The van der Waals surface area contributed by atoms with Crippen molar-refractivity contribution in [3.05, 3.63) is 11.4 Å². The maximum Gasteiger partial charge on any atom is 0.137 e. The van der Waals surface area contributed by atoms with E-state index in [0.717, 1.165) is 30.0 Å². The Morgan fingerprint density at radius 2 is 1.84 bits per heavy atom. The summed E-state index contributed by atoms with van der Waals surface area (Å²) in [7, 11) is 2.08. The lowest BCUT2D eigenvalue weighted by Gasteiger charge is -2.37. The Labute approximate surface area is 117 Å². The van der Waals surface area contributed by atoms with Gasteiger partial charge in [0.25, 0.3) is 0 Å². The van der Waals surface area contributed by atoms with Crippen LogP contribution < -0.4 is 10.6 Å². The van der Waals surface area contributed by atoms with E-state index in [9.17, 15) is 0 Å². The van der Waals surface area contributed by atoms with Gasteiger partial charge in [0.05, 0.1) is 0 Å². The van der Waals surface area contributed by atoms with Gasteiger partial charge in [-0.3, -0.25) is 0 Å². The minimum absolute atomic E-state index is 0.186. The third-order valence-electron chi connectivity index (χ3n) is 3.85. The standard InChI is InChI=1S/C15H28N4/c1-8-9-12-17-13(16)10(2)14(18-12)19(7)11(3)15(4,5)6/h11H,8-9H2,1-7H3,(H2,16,17,18). The number of hydrogen-bond acceptors (Lipinski definition) is 4. The fraction of sp³-hybridized carbons (Fsp3) is 0.733. The number of aromatic nitrogens is 2. The summed E-state index contributed by atoms with van der Waals surface area (Å²) in [5.74, 6) is 2.40. The molecule has 0 bridgehead atoms. The van der Waals surface area contributed by atoms with Crippen molar-refractivity contribution >= 4 is 11.6 Å². The number of rotatable bonds is 4. The fourth-order valence-corrected chi connectivity index (χ4v) is 2.01. The van der Waals surface area contributed by atoms with Crippen LogP contribution >= 0.6 is 0 Å². The van der Waals surface area contributed by atoms with Crippen molar-refractivity contribution in [1.82, 2.24) is 9.97 Å². The summed E-state index contributed by atoms with van der Waals surface area (Å²) in [6.45, 7) is 13.0. The maximum absolute atomic E-state index is 6.02. The maximum atomic E-state index is 6.02. The zero-order valence-electron chi connectivity index (χ0n) is 13.4. The van der Waals surface area contributed by atoms with Crippen molar-refractivity contribution in [2.75, 3.05) is 17.7 Å². The molecule has 4 nitrogen and oxygen atoms in total. The van der Waals surface area contributed by atoms with Crippen LogP contribution in [-0.4, -0.2) is 23.1 Å². The van der Waals surface area contributed by atoms with Crippen molar-refractivity contribution in [1.29, 1.82) is 0 Å². The van der Waals surface area contributed by atoms with Gasteiger partial charge in [0.2, 0.25) is 0 Å². The van der Waals surface area contributed by atoms with Gasteiger partial charge in [-0.2, -0.15) is 0 Å². The molecular formula is C15H28N4. The Kier molecular flexibility index (Phi) is 4.77. The van der Waals surface area contributed by atoms with Crippen molar-refractivity contribution in [3.63, 3.8) is 0 Å². The molecule has 0 radical (unpaired) electrons. The summed E-state index contributed by atoms with van der Waals surface area (Å²) in [5.41, 5.74) is 7.18. The van der Waals surface area contributed by atoms with Crippen molar-refractivity contribution in [2.45, 2.75) is 60.4 Å². The second-order valence-corrected chi connectivity index (χ2v) is 6.38. The van der Waals surface area contributed by atoms with E-state index >= 15 is 0 Å². The lowest BCUT2D eigenvalue weighted by atomic mass is 9.87. The summed E-state index contributed by atoms with van der Waals surface area (Å²) >= 11 is 0. The van der Waals surface area contributed by atoms with Crippen LogP contribution in [0.2, 0.25) is 0 Å². The zero-order valence-corrected chi connectivity index (χ0v) is 13.4. The Bertz CT molecular complexity index is 435. The summed E-state index contributed by atoms with van der Waals surface area (Å²) in [6.07, 6.45) is 1.90. The average molecular weight is 264 g/mol. The highest BCUT2D eigenvalue weighted by Crippen LogP contribution is 2.29. The molecule has 0 fully saturated rings. The molecule has 1 aromatic heterocycles. The summed E-state index contributed by atoms with van der Waals surface area (Å²) in [4.78, 5) is 11.3. The summed E-state index contributed by atoms with van der Waals surface area (Å²) < 4.78 is 0. The monoisotopic (exact) mass is 264 g/mol. The number of hydrogen-bond donors (Lipinski definition) is 1. The van der Waals surface area contributed by atoms with Gasteiger partial charge < -0.3 is 10.6 Å². The topological polar surface area (TPSA) is 55.0 Å². The highest BCUT2D eigenvalue weighted by molar-refractivity contribution is 5.56. The Morgan fingerprint density at radius 1 is 1.26 bits per heavy atom. The third kappa shape index (κ3) is 3.58. The predicted octanol–water partition coefficient (Wildman–Crippen LogP) is 3.19. The second kappa shape index (κ2) is 5.76. The van der Waals surface area contributed by atoms with E-state index in [1.165, 1.54) is 0 Å². The van der Waals surface area contributed by atoms with Gasteiger partial charge in [0, 0.05) is 25.1 Å². The Hall–Kier alpha value is -1.32. The SMILES string of the molecule is CCCc1nc(N)c(C)c(N(C)C(C)C(C)(C)C)n1. The first-order valence-electron chi connectivity index (χ1n) is 7.04. The van der Waals surface area contributed by atoms with Crippen LogP contribution in [0.4, 0.5) is 11.6 Å². The molecular weight excluding hydrogens is 236 g/mol. The number of nitrogens with zero attached hydrogens (tertiary/aromatic N) is 3. The molecule has 0 aliphatic carbocycles. The molecule has 1 aromatic rings. The third-order valence-corrected chi connectivity index (χ3v) is 3.85. The average Bonchev–Trinajstić information content (AvgIpc) is 2.31. The summed E-state index contributed by atoms with van der Waals surface area (Å²) in [5, 5.41) is 0. The molecule has 0 aliphatic heterocycles. The van der Waals surface area contributed by atoms with E-state index in [0.29, 0.717) is 11.9 Å². The van der Waals surface area contributed by atoms with E-state index in [4.69, 9.17) is 10.7 Å². The van der Waals surface area contributed by atoms with Crippen molar-refractivity contribution in [3.8, 4) is 0 Å². The fourth-order valence-electron chi connectivity index (χ4n) is 2.01. The highest BCUT2D eigenvalue weighted by Gasteiger charge is 2.26. The van der Waals surface area contributed by atoms with Gasteiger partial charge in [0.1, 0.15) is 17.5 Å². The van der Waals surface area contributed by atoms with Gasteiger partial charge in [-0.25, -0.2) is 9.97 Å². The molecule has 19 heavy (non-hydrogen) atoms. The molecule has 2 N–H and O–H groups in total.